The van der Waals surface area contributed by atoms with Crippen LogP contribution in [0.5, 0.6) is 0 Å². The largest absolute Gasteiger partial charge is 0.317 e. The van der Waals surface area contributed by atoms with Crippen LogP contribution < -0.4 is 5.32 Å². The molecule has 1 heterocycles. The van der Waals surface area contributed by atoms with Crippen molar-refractivity contribution in [3.8, 4) is 0 Å². The Hall–Kier alpha value is 0.270. The average molecular weight is 216 g/mol. The van der Waals surface area contributed by atoms with Crippen molar-refractivity contribution in [2.24, 2.45) is 0 Å². The fourth-order valence-corrected chi connectivity index (χ4v) is 3.06. The smallest absolute Gasteiger partial charge is 0.0183 e. The summed E-state index contributed by atoms with van der Waals surface area (Å²) >= 11 is 1.98. The van der Waals surface area contributed by atoms with E-state index >= 15 is 0 Å². The summed E-state index contributed by atoms with van der Waals surface area (Å²) in [4.78, 5) is 2.67. The van der Waals surface area contributed by atoms with E-state index in [1.54, 1.807) is 0 Å². The van der Waals surface area contributed by atoms with E-state index < -0.39 is 0 Å². The van der Waals surface area contributed by atoms with Crippen molar-refractivity contribution in [1.29, 1.82) is 0 Å². The van der Waals surface area contributed by atoms with Crippen molar-refractivity contribution in [3.63, 3.8) is 0 Å². The predicted molar refractivity (Wildman–Crippen MR) is 66.1 cm³/mol. The lowest BCUT2D eigenvalue weighted by molar-refractivity contribution is 0.154. The molecule has 1 atom stereocenters. The zero-order valence-electron chi connectivity index (χ0n) is 9.75. The number of hydrogen-bond acceptors (Lipinski definition) is 3. The molecule has 0 amide bonds. The number of likely N-dealkylation sites (tertiary alicyclic amines) is 1. The quantitative estimate of drug-likeness (QED) is 0.754. The molecule has 1 fully saturated rings. The number of hydrogen-bond donors (Lipinski definition) is 1. The predicted octanol–water partition coefficient (Wildman–Crippen LogP) is 1.81. The number of thioether (sulfide) groups is 1. The van der Waals surface area contributed by atoms with Gasteiger partial charge in [-0.3, -0.25) is 4.90 Å². The Labute approximate surface area is 92.8 Å². The van der Waals surface area contributed by atoms with Crippen LogP contribution in [0.4, 0.5) is 0 Å². The standard InChI is InChI=1S/C11H24N2S/c1-4-11(9-14-3)13-7-5-10(12-2)6-8-13/h10-12H,4-9H2,1-3H3. The SMILES string of the molecule is CCC(CSC)N1CCC(NC)CC1. The van der Waals surface area contributed by atoms with Gasteiger partial charge in [-0.1, -0.05) is 6.92 Å². The summed E-state index contributed by atoms with van der Waals surface area (Å²) in [6.45, 7) is 4.88. The molecule has 14 heavy (non-hydrogen) atoms. The maximum atomic E-state index is 3.38. The summed E-state index contributed by atoms with van der Waals surface area (Å²) in [7, 11) is 2.08. The Morgan fingerprint density at radius 3 is 2.50 bits per heavy atom. The second-order valence-corrected chi connectivity index (χ2v) is 5.03. The molecule has 0 bridgehead atoms. The Kier molecular flexibility index (Phi) is 5.90. The third-order valence-electron chi connectivity index (χ3n) is 3.28. The molecule has 1 aliphatic rings. The highest BCUT2D eigenvalue weighted by molar-refractivity contribution is 7.98. The van der Waals surface area contributed by atoms with Gasteiger partial charge in [-0.05, 0) is 45.7 Å². The third-order valence-corrected chi connectivity index (χ3v) is 4.00. The Balaban J connectivity index is 2.31. The minimum Gasteiger partial charge on any atom is -0.317 e. The van der Waals surface area contributed by atoms with E-state index in [1.165, 1.54) is 38.1 Å². The van der Waals surface area contributed by atoms with Crippen LogP contribution in [0.3, 0.4) is 0 Å². The molecule has 1 saturated heterocycles. The first-order chi connectivity index (χ1) is 6.81. The van der Waals surface area contributed by atoms with Crippen molar-refractivity contribution < 1.29 is 0 Å². The molecule has 84 valence electrons. The first-order valence-corrected chi connectivity index (χ1v) is 7.11. The Morgan fingerprint density at radius 1 is 1.43 bits per heavy atom. The van der Waals surface area contributed by atoms with Crippen molar-refractivity contribution in [2.45, 2.75) is 38.3 Å². The van der Waals surface area contributed by atoms with Crippen LogP contribution in [-0.4, -0.2) is 49.1 Å². The maximum Gasteiger partial charge on any atom is 0.0183 e. The van der Waals surface area contributed by atoms with E-state index in [0.29, 0.717) is 0 Å². The lowest BCUT2D eigenvalue weighted by atomic mass is 10.0. The monoisotopic (exact) mass is 216 g/mol. The van der Waals surface area contributed by atoms with E-state index in [4.69, 9.17) is 0 Å². The number of nitrogens with zero attached hydrogens (tertiary/aromatic N) is 1. The molecule has 1 rings (SSSR count). The van der Waals surface area contributed by atoms with Crippen LogP contribution in [-0.2, 0) is 0 Å². The van der Waals surface area contributed by atoms with Crippen LogP contribution in [0.2, 0.25) is 0 Å². The summed E-state index contributed by atoms with van der Waals surface area (Å²) < 4.78 is 0. The molecule has 0 radical (unpaired) electrons. The van der Waals surface area contributed by atoms with Crippen molar-refractivity contribution in [3.05, 3.63) is 0 Å². The average Bonchev–Trinajstić information content (AvgIpc) is 2.26. The second kappa shape index (κ2) is 6.70. The minimum absolute atomic E-state index is 0.762. The van der Waals surface area contributed by atoms with E-state index in [2.05, 4.69) is 30.4 Å². The molecule has 0 saturated carbocycles. The zero-order valence-corrected chi connectivity index (χ0v) is 10.6. The van der Waals surface area contributed by atoms with Gasteiger partial charge in [-0.2, -0.15) is 11.8 Å². The van der Waals surface area contributed by atoms with Gasteiger partial charge in [-0.25, -0.2) is 0 Å². The fraction of sp³-hybridized carbons (Fsp3) is 1.00. The van der Waals surface area contributed by atoms with E-state index in [0.717, 1.165) is 12.1 Å². The lowest BCUT2D eigenvalue weighted by Gasteiger charge is -2.37. The van der Waals surface area contributed by atoms with E-state index in [-0.39, 0.29) is 0 Å². The molecule has 1 unspecified atom stereocenters. The normalized spacial score (nSPS) is 22.5. The second-order valence-electron chi connectivity index (χ2n) is 4.12. The Morgan fingerprint density at radius 2 is 2.07 bits per heavy atom. The zero-order chi connectivity index (χ0) is 10.4. The van der Waals surface area contributed by atoms with Crippen molar-refractivity contribution in [1.82, 2.24) is 10.2 Å². The summed E-state index contributed by atoms with van der Waals surface area (Å²) in [5.74, 6) is 1.29. The molecule has 2 nitrogen and oxygen atoms in total. The molecule has 0 aromatic heterocycles. The van der Waals surface area contributed by atoms with Crippen molar-refractivity contribution >= 4 is 11.8 Å². The lowest BCUT2D eigenvalue weighted by Crippen LogP contribution is -2.46. The van der Waals surface area contributed by atoms with E-state index in [9.17, 15) is 0 Å². The van der Waals surface area contributed by atoms with Gasteiger partial charge >= 0.3 is 0 Å². The van der Waals surface area contributed by atoms with Gasteiger partial charge in [0.1, 0.15) is 0 Å². The molecule has 0 spiro atoms. The molecule has 1 N–H and O–H groups in total. The molecule has 1 aliphatic heterocycles. The van der Waals surface area contributed by atoms with Crippen LogP contribution in [0.15, 0.2) is 0 Å². The molecule has 3 heteroatoms. The molecule has 0 aromatic carbocycles. The van der Waals surface area contributed by atoms with Crippen LogP contribution >= 0.6 is 11.8 Å². The highest BCUT2D eigenvalue weighted by Gasteiger charge is 2.22. The summed E-state index contributed by atoms with van der Waals surface area (Å²) in [5, 5.41) is 3.38. The maximum absolute atomic E-state index is 3.38. The van der Waals surface area contributed by atoms with Gasteiger partial charge in [0.15, 0.2) is 0 Å². The van der Waals surface area contributed by atoms with Crippen LogP contribution in [0.1, 0.15) is 26.2 Å². The van der Waals surface area contributed by atoms with Gasteiger partial charge < -0.3 is 5.32 Å². The molecule has 0 aliphatic carbocycles. The number of rotatable bonds is 5. The van der Waals surface area contributed by atoms with Gasteiger partial charge in [0.2, 0.25) is 0 Å². The van der Waals surface area contributed by atoms with Crippen LogP contribution in [0.25, 0.3) is 0 Å². The van der Waals surface area contributed by atoms with Gasteiger partial charge in [-0.15, -0.1) is 0 Å². The third kappa shape index (κ3) is 3.44. The Bertz CT molecular complexity index is 144. The first-order valence-electron chi connectivity index (χ1n) is 5.72. The number of piperidine rings is 1. The molecular formula is C11H24N2S. The minimum atomic E-state index is 0.762. The topological polar surface area (TPSA) is 15.3 Å². The highest BCUT2D eigenvalue weighted by Crippen LogP contribution is 2.17. The summed E-state index contributed by atoms with van der Waals surface area (Å²) in [5.41, 5.74) is 0. The molecular weight excluding hydrogens is 192 g/mol. The highest BCUT2D eigenvalue weighted by atomic mass is 32.2. The van der Waals surface area contributed by atoms with Crippen LogP contribution in [0, 0.1) is 0 Å². The summed E-state index contributed by atoms with van der Waals surface area (Å²) in [6, 6.07) is 1.57. The first kappa shape index (κ1) is 12.3. The van der Waals surface area contributed by atoms with Gasteiger partial charge in [0.25, 0.3) is 0 Å². The van der Waals surface area contributed by atoms with E-state index in [1.807, 2.05) is 11.8 Å². The van der Waals surface area contributed by atoms with Crippen molar-refractivity contribution in [2.75, 3.05) is 32.1 Å². The fourth-order valence-electron chi connectivity index (χ4n) is 2.23. The molecule has 0 aromatic rings. The van der Waals surface area contributed by atoms with Gasteiger partial charge in [0.05, 0.1) is 0 Å². The van der Waals surface area contributed by atoms with Gasteiger partial charge in [0, 0.05) is 17.8 Å². The number of nitrogens with one attached hydrogen (secondary N) is 1. The summed E-state index contributed by atoms with van der Waals surface area (Å²) in [6.07, 6.45) is 6.15.